The van der Waals surface area contributed by atoms with Gasteiger partial charge in [0.2, 0.25) is 11.8 Å². The molecule has 9 N–H and O–H groups in total. The van der Waals surface area contributed by atoms with Crippen molar-refractivity contribution in [2.24, 2.45) is 0 Å². The van der Waals surface area contributed by atoms with Crippen LogP contribution in [0.15, 0.2) is 60.7 Å². The number of hydrogen-bond donors (Lipinski definition) is 7. The zero-order valence-electron chi connectivity index (χ0n) is 39.4. The predicted molar refractivity (Wildman–Crippen MR) is 234 cm³/mol. The molecule has 0 fully saturated rings. The van der Waals surface area contributed by atoms with Crippen molar-refractivity contribution in [1.29, 1.82) is 0 Å². The number of benzene rings is 2. The van der Waals surface area contributed by atoms with Gasteiger partial charge in [-0.05, 0) is 69.2 Å². The van der Waals surface area contributed by atoms with Gasteiger partial charge in [0.25, 0.3) is 5.91 Å². The van der Waals surface area contributed by atoms with Crippen LogP contribution < -0.4 is 44.7 Å². The molecule has 2 rings (SSSR count). The highest BCUT2D eigenvalue weighted by molar-refractivity contribution is 6.01. The number of amides is 5. The fourth-order valence-electron chi connectivity index (χ4n) is 4.71. The Kier molecular flexibility index (Phi) is 27.7. The number of nitrogens with one attached hydrogen (secondary N) is 5. The molecule has 6 atom stereocenters. The minimum atomic E-state index is -1.33. The largest absolute Gasteiger partial charge is 1.00 e. The molecule has 0 bridgehead atoms. The summed E-state index contributed by atoms with van der Waals surface area (Å²) < 4.78 is 19.1. The minimum absolute atomic E-state index is 0. The molecule has 0 saturated carbocycles. The van der Waals surface area contributed by atoms with Crippen LogP contribution in [0.5, 0.6) is 0 Å². The first-order valence-corrected chi connectivity index (χ1v) is 20.3. The van der Waals surface area contributed by atoms with Gasteiger partial charge in [0.15, 0.2) is 17.6 Å². The second-order valence-corrected chi connectivity index (χ2v) is 16.4. The molecule has 0 spiro atoms. The fourth-order valence-corrected chi connectivity index (χ4v) is 4.71. The van der Waals surface area contributed by atoms with Crippen LogP contribution in [0.2, 0.25) is 0 Å². The number of carbonyl (C=O) groups excluding carboxylic acids is 9. The van der Waals surface area contributed by atoms with E-state index in [0.717, 1.165) is 0 Å². The van der Waals surface area contributed by atoms with Gasteiger partial charge >= 0.3 is 30.1 Å². The highest BCUT2D eigenvalue weighted by Crippen LogP contribution is 2.11. The van der Waals surface area contributed by atoms with Gasteiger partial charge in [0.05, 0.1) is 14.2 Å². The lowest BCUT2D eigenvalue weighted by Gasteiger charge is -2.24. The molecule has 5 amide bonds. The maximum Gasteiger partial charge on any atom is 0.408 e. The van der Waals surface area contributed by atoms with Gasteiger partial charge in [-0.2, -0.15) is 0 Å². The molecular formula is C44H65ClN6O15. The molecule has 0 aliphatic rings. The molecule has 0 aliphatic carbocycles. The summed E-state index contributed by atoms with van der Waals surface area (Å²) in [6.07, 6.45) is -2.42. The minimum Gasteiger partial charge on any atom is -1.00 e. The number of carboxylic acids is 1. The van der Waals surface area contributed by atoms with E-state index in [4.69, 9.17) is 14.6 Å². The number of carbonyl (C=O) groups is 10. The van der Waals surface area contributed by atoms with E-state index >= 15 is 0 Å². The van der Waals surface area contributed by atoms with Gasteiger partial charge < -0.3 is 68.8 Å². The summed E-state index contributed by atoms with van der Waals surface area (Å²) in [4.78, 5) is 118. The Hall–Kier alpha value is -6.61. The number of Topliss-reactive ketones (excluding diaryl/α,β-unsaturated/α-hetero) is 2. The van der Waals surface area contributed by atoms with Gasteiger partial charge in [0.1, 0.15) is 41.4 Å². The third-order valence-electron chi connectivity index (χ3n) is 7.99. The summed E-state index contributed by atoms with van der Waals surface area (Å²) in [5, 5.41) is 21.0. The fraction of sp³-hybridized carbons (Fsp3) is 0.500. The number of carboxylic acid groups (broad SMARTS) is 1. The van der Waals surface area contributed by atoms with Crippen LogP contribution in [0.25, 0.3) is 0 Å². The van der Waals surface area contributed by atoms with Crippen LogP contribution in [0.1, 0.15) is 103 Å². The Morgan fingerprint density at radius 2 is 0.864 bits per heavy atom. The van der Waals surface area contributed by atoms with E-state index in [0.29, 0.717) is 11.1 Å². The van der Waals surface area contributed by atoms with Crippen LogP contribution in [0, 0.1) is 0 Å². The lowest BCUT2D eigenvalue weighted by atomic mass is 10.0. The number of ether oxygens (including phenoxy) is 4. The first-order valence-electron chi connectivity index (χ1n) is 20.3. The lowest BCUT2D eigenvalue weighted by Crippen LogP contribution is -3.00. The van der Waals surface area contributed by atoms with Gasteiger partial charge in [0, 0.05) is 24.0 Å². The summed E-state index contributed by atoms with van der Waals surface area (Å²) in [7, 11) is 2.46. The van der Waals surface area contributed by atoms with Crippen LogP contribution in [-0.4, -0.2) is 126 Å². The lowest BCUT2D eigenvalue weighted by molar-refractivity contribution is -0.398. The molecule has 2 aromatic carbocycles. The molecular weight excluding hydrogens is 888 g/mol. The van der Waals surface area contributed by atoms with Gasteiger partial charge in [-0.25, -0.2) is 24.0 Å². The number of methoxy groups -OCH3 is 2. The van der Waals surface area contributed by atoms with E-state index < -0.39 is 83.3 Å². The number of hydrogen-bond acceptors (Lipinski definition) is 14. The maximum atomic E-state index is 12.8. The highest BCUT2D eigenvalue weighted by Gasteiger charge is 2.30. The number of alkyl carbamates (subject to hydrolysis) is 2. The molecule has 21 nitrogen and oxygen atoms in total. The van der Waals surface area contributed by atoms with Crippen molar-refractivity contribution in [3.05, 3.63) is 71.8 Å². The average Bonchev–Trinajstić information content (AvgIpc) is 3.21. The number of quaternary nitrogens is 1. The molecule has 0 saturated heterocycles. The molecule has 22 heteroatoms. The Bertz CT molecular complexity index is 1940. The quantitative estimate of drug-likeness (QED) is 0.0561. The second kappa shape index (κ2) is 29.8. The normalized spacial score (nSPS) is 13.2. The molecule has 2 aromatic rings. The Morgan fingerprint density at radius 1 is 0.530 bits per heavy atom. The van der Waals surface area contributed by atoms with Crippen molar-refractivity contribution in [3.8, 4) is 0 Å². The summed E-state index contributed by atoms with van der Waals surface area (Å²) in [6.45, 7) is 16.0. The van der Waals surface area contributed by atoms with E-state index in [-0.39, 0.29) is 48.8 Å². The van der Waals surface area contributed by atoms with Crippen LogP contribution in [-0.2, 0) is 47.7 Å². The summed E-state index contributed by atoms with van der Waals surface area (Å²) in [6, 6.07) is 11.0. The summed E-state index contributed by atoms with van der Waals surface area (Å²) in [5.41, 5.74) is 2.73. The number of ketones is 2. The third kappa shape index (κ3) is 26.2. The zero-order chi connectivity index (χ0) is 50.2. The van der Waals surface area contributed by atoms with Crippen molar-refractivity contribution >= 4 is 59.4 Å². The van der Waals surface area contributed by atoms with Crippen LogP contribution in [0.3, 0.4) is 0 Å². The van der Waals surface area contributed by atoms with Gasteiger partial charge in [-0.3, -0.25) is 24.0 Å². The summed E-state index contributed by atoms with van der Waals surface area (Å²) in [5.74, 6) is -4.77. The first-order chi connectivity index (χ1) is 30.0. The highest BCUT2D eigenvalue weighted by atomic mass is 35.5. The van der Waals surface area contributed by atoms with Crippen molar-refractivity contribution in [2.75, 3.05) is 14.2 Å². The number of halogens is 1. The van der Waals surface area contributed by atoms with Crippen molar-refractivity contribution in [1.82, 2.24) is 26.6 Å². The van der Waals surface area contributed by atoms with Crippen LogP contribution in [0.4, 0.5) is 9.59 Å². The van der Waals surface area contributed by atoms with Gasteiger partial charge in [-0.1, -0.05) is 60.7 Å². The van der Waals surface area contributed by atoms with E-state index in [1.54, 1.807) is 116 Å². The monoisotopic (exact) mass is 952 g/mol. The maximum absolute atomic E-state index is 12.8. The van der Waals surface area contributed by atoms with Crippen molar-refractivity contribution in [2.45, 2.75) is 130 Å². The standard InChI is InChI=1S/C22H31N3O7.C15H19NO5.C7H14N2O3.ClH/c1-13(18(27)24-14(2)20(29)31-6)23-19(28)16(25-21(30)32-22(3,4)5)12-17(26)15-10-8-7-9-11-15;1-15(2,3)21-14(20)16-11(13(18)19)9-12(17)10-7-5-4-6-8-10;1-4(8)6(10)9-5(2)7(11)12-3;/h7-11,13-14,16H,12H2,1-6H3,(H,23,28)(H,24,27)(H,25,30);4-8,11H,9H2,1-3H3,(H,16,20)(H,18,19);4-5H,8H2,1-3H3,(H,9,10);1H/t13-,14-,16-;11-;4-,5-;/m000./s1. The molecule has 66 heavy (non-hydrogen) atoms. The van der Waals surface area contributed by atoms with Crippen LogP contribution >= 0.6 is 0 Å². The van der Waals surface area contributed by atoms with E-state index in [2.05, 4.69) is 41.8 Å². The molecule has 0 aliphatic heterocycles. The zero-order valence-corrected chi connectivity index (χ0v) is 40.2. The van der Waals surface area contributed by atoms with Gasteiger partial charge in [-0.15, -0.1) is 0 Å². The Labute approximate surface area is 390 Å². The SMILES string of the molecule is CC(C)(C)OC(=O)N[C@@H](CC(=O)c1ccccc1)C(=O)O.COC(=O)[C@H](C)NC(=O)[C@H](C)NC(=O)[C@H](CC(=O)c1ccccc1)NC(=O)OC(C)(C)C.COC(=O)[C@H](C)NC(=O)[C@H](C)[NH3+].[Cl-]. The predicted octanol–water partition coefficient (Wildman–Crippen LogP) is -1.13. The van der Waals surface area contributed by atoms with Crippen molar-refractivity contribution in [3.63, 3.8) is 0 Å². The molecule has 0 heterocycles. The molecule has 368 valence electrons. The average molecular weight is 953 g/mol. The number of rotatable bonds is 17. The third-order valence-corrected chi connectivity index (χ3v) is 7.99. The Morgan fingerprint density at radius 3 is 1.20 bits per heavy atom. The smallest absolute Gasteiger partial charge is 0.408 e. The van der Waals surface area contributed by atoms with E-state index in [9.17, 15) is 47.9 Å². The molecule has 0 unspecified atom stereocenters. The Balaban J connectivity index is 0. The molecule has 0 aromatic heterocycles. The van der Waals surface area contributed by atoms with E-state index in [1.165, 1.54) is 28.1 Å². The molecule has 0 radical (unpaired) electrons. The van der Waals surface area contributed by atoms with E-state index in [1.807, 2.05) is 0 Å². The first kappa shape index (κ1) is 61.5. The summed E-state index contributed by atoms with van der Waals surface area (Å²) >= 11 is 0. The topological polar surface area (TPSA) is 316 Å². The number of aliphatic carboxylic acids is 1. The van der Waals surface area contributed by atoms with Crippen molar-refractivity contribution < 1.29 is 90.1 Å². The number of esters is 2. The second-order valence-electron chi connectivity index (χ2n) is 16.4.